The Kier molecular flexibility index (Phi) is 6.47. The zero-order chi connectivity index (χ0) is 19.2. The van der Waals surface area contributed by atoms with E-state index in [1.165, 1.54) is 0 Å². The van der Waals surface area contributed by atoms with Gasteiger partial charge in [-0.1, -0.05) is 28.1 Å². The molecule has 0 heterocycles. The van der Waals surface area contributed by atoms with E-state index in [-0.39, 0.29) is 12.5 Å². The van der Waals surface area contributed by atoms with Crippen LogP contribution in [0.5, 0.6) is 11.5 Å². The number of hydrogen-bond donors (Lipinski definition) is 1. The van der Waals surface area contributed by atoms with Crippen LogP contribution in [0.4, 0.5) is 0 Å². The van der Waals surface area contributed by atoms with Crippen molar-refractivity contribution >= 4 is 54.8 Å². The highest BCUT2D eigenvalue weighted by Crippen LogP contribution is 2.34. The highest BCUT2D eigenvalue weighted by Gasteiger charge is 2.09. The van der Waals surface area contributed by atoms with Gasteiger partial charge in [0.1, 0.15) is 11.5 Å². The van der Waals surface area contributed by atoms with Crippen molar-refractivity contribution in [3.05, 3.63) is 69.1 Å². The molecule has 0 saturated heterocycles. The number of hydrogen-bond acceptors (Lipinski definition) is 4. The average Bonchev–Trinajstić information content (AvgIpc) is 2.68. The minimum atomic E-state index is -0.345. The van der Waals surface area contributed by atoms with E-state index < -0.39 is 0 Å². The minimum absolute atomic E-state index is 0.138. The molecule has 0 spiro atoms. The third kappa shape index (κ3) is 5.08. The predicted molar refractivity (Wildman–Crippen MR) is 114 cm³/mol. The van der Waals surface area contributed by atoms with E-state index >= 15 is 0 Å². The number of nitrogens with one attached hydrogen (secondary N) is 1. The highest BCUT2D eigenvalue weighted by atomic mass is 79.9. The quantitative estimate of drug-likeness (QED) is 0.394. The van der Waals surface area contributed by atoms with Gasteiger partial charge < -0.3 is 9.47 Å². The summed E-state index contributed by atoms with van der Waals surface area (Å²) in [6.07, 6.45) is 1.56. The molecule has 1 amide bonds. The number of rotatable bonds is 6. The standard InChI is InChI=1S/C20H16Br2N2O3/c1-26-16-6-2-13(3-7-16)11-23-24-19(25)12-27-18-9-4-14-10-15(21)5-8-17(14)20(18)22/h2-11H,12H2,1H3,(H,24,25). The molecule has 0 atom stereocenters. The summed E-state index contributed by atoms with van der Waals surface area (Å²) in [5.74, 6) is 1.01. The second-order valence-corrected chi connectivity index (χ2v) is 7.31. The molecular formula is C20H16Br2N2O3. The fourth-order valence-corrected chi connectivity index (χ4v) is 3.39. The maximum Gasteiger partial charge on any atom is 0.277 e. The zero-order valence-electron chi connectivity index (χ0n) is 14.4. The third-order valence-corrected chi connectivity index (χ3v) is 5.07. The van der Waals surface area contributed by atoms with Gasteiger partial charge in [-0.15, -0.1) is 0 Å². The molecule has 27 heavy (non-hydrogen) atoms. The number of halogens is 2. The van der Waals surface area contributed by atoms with Gasteiger partial charge in [0.05, 0.1) is 17.8 Å². The van der Waals surface area contributed by atoms with Gasteiger partial charge in [-0.3, -0.25) is 4.79 Å². The number of benzene rings is 3. The van der Waals surface area contributed by atoms with Crippen LogP contribution in [0.2, 0.25) is 0 Å². The first-order valence-electron chi connectivity index (χ1n) is 8.03. The SMILES string of the molecule is COc1ccc(C=NNC(=O)COc2ccc3cc(Br)ccc3c2Br)cc1. The molecule has 3 rings (SSSR count). The number of carbonyl (C=O) groups excluding carboxylic acids is 1. The number of hydrazone groups is 1. The highest BCUT2D eigenvalue weighted by molar-refractivity contribution is 9.11. The molecule has 0 aromatic heterocycles. The molecule has 3 aromatic rings. The first-order valence-corrected chi connectivity index (χ1v) is 9.62. The van der Waals surface area contributed by atoms with E-state index in [1.807, 2.05) is 54.6 Å². The van der Waals surface area contributed by atoms with Crippen LogP contribution >= 0.6 is 31.9 Å². The lowest BCUT2D eigenvalue weighted by atomic mass is 10.1. The smallest absolute Gasteiger partial charge is 0.277 e. The van der Waals surface area contributed by atoms with E-state index in [1.54, 1.807) is 13.3 Å². The first kappa shape index (κ1) is 19.4. The molecular weight excluding hydrogens is 476 g/mol. The largest absolute Gasteiger partial charge is 0.497 e. The normalized spacial score (nSPS) is 10.9. The van der Waals surface area contributed by atoms with Crippen molar-refractivity contribution in [2.75, 3.05) is 13.7 Å². The van der Waals surface area contributed by atoms with Gasteiger partial charge in [0.15, 0.2) is 6.61 Å². The summed E-state index contributed by atoms with van der Waals surface area (Å²) in [6, 6.07) is 17.1. The topological polar surface area (TPSA) is 59.9 Å². The Morgan fingerprint density at radius 3 is 2.63 bits per heavy atom. The summed E-state index contributed by atoms with van der Waals surface area (Å²) < 4.78 is 12.5. The fraction of sp³-hybridized carbons (Fsp3) is 0.100. The number of amides is 1. The maximum absolute atomic E-state index is 11.9. The van der Waals surface area contributed by atoms with E-state index in [0.717, 1.165) is 31.0 Å². The summed E-state index contributed by atoms with van der Waals surface area (Å²) >= 11 is 6.99. The zero-order valence-corrected chi connectivity index (χ0v) is 17.6. The molecule has 0 unspecified atom stereocenters. The van der Waals surface area contributed by atoms with Crippen molar-refractivity contribution < 1.29 is 14.3 Å². The molecule has 3 aromatic carbocycles. The number of ether oxygens (including phenoxy) is 2. The predicted octanol–water partition coefficient (Wildman–Crippen LogP) is 4.90. The number of methoxy groups -OCH3 is 1. The molecule has 5 nitrogen and oxygen atoms in total. The summed E-state index contributed by atoms with van der Waals surface area (Å²) in [5.41, 5.74) is 3.29. The van der Waals surface area contributed by atoms with Crippen LogP contribution in [0.3, 0.4) is 0 Å². The Bertz CT molecular complexity index is 988. The van der Waals surface area contributed by atoms with Gasteiger partial charge in [0, 0.05) is 4.47 Å². The Balaban J connectivity index is 1.57. The van der Waals surface area contributed by atoms with Gasteiger partial charge in [0.2, 0.25) is 0 Å². The molecule has 7 heteroatoms. The lowest BCUT2D eigenvalue weighted by Gasteiger charge is -2.10. The molecule has 0 radical (unpaired) electrons. The van der Waals surface area contributed by atoms with Crippen LogP contribution in [0.1, 0.15) is 5.56 Å². The maximum atomic E-state index is 11.9. The summed E-state index contributed by atoms with van der Waals surface area (Å²) in [6.45, 7) is -0.138. The van der Waals surface area contributed by atoms with Gasteiger partial charge in [0.25, 0.3) is 5.91 Å². The van der Waals surface area contributed by atoms with E-state index in [4.69, 9.17) is 9.47 Å². The lowest BCUT2D eigenvalue weighted by molar-refractivity contribution is -0.123. The molecule has 0 bridgehead atoms. The van der Waals surface area contributed by atoms with E-state index in [2.05, 4.69) is 42.4 Å². The summed E-state index contributed by atoms with van der Waals surface area (Å²) in [5, 5.41) is 6.00. The molecule has 0 fully saturated rings. The number of nitrogens with zero attached hydrogens (tertiary/aromatic N) is 1. The Labute approximate surface area is 173 Å². The molecule has 0 saturated carbocycles. The fourth-order valence-electron chi connectivity index (χ4n) is 2.40. The first-order chi connectivity index (χ1) is 13.1. The van der Waals surface area contributed by atoms with E-state index in [0.29, 0.717) is 5.75 Å². The Hall–Kier alpha value is -2.38. The molecule has 0 aliphatic carbocycles. The number of carbonyl (C=O) groups is 1. The van der Waals surface area contributed by atoms with Crippen molar-refractivity contribution in [2.45, 2.75) is 0 Å². The van der Waals surface area contributed by atoms with Gasteiger partial charge >= 0.3 is 0 Å². The van der Waals surface area contributed by atoms with Crippen LogP contribution in [-0.2, 0) is 4.79 Å². The molecule has 0 aliphatic rings. The van der Waals surface area contributed by atoms with E-state index in [9.17, 15) is 4.79 Å². The second-order valence-electron chi connectivity index (χ2n) is 5.60. The van der Waals surface area contributed by atoms with Gasteiger partial charge in [-0.2, -0.15) is 5.10 Å². The van der Waals surface area contributed by atoms with Crippen molar-refractivity contribution in [1.82, 2.24) is 5.43 Å². The van der Waals surface area contributed by atoms with Crippen molar-refractivity contribution in [1.29, 1.82) is 0 Å². The third-order valence-electron chi connectivity index (χ3n) is 3.76. The van der Waals surface area contributed by atoms with Gasteiger partial charge in [-0.05, 0) is 74.7 Å². The van der Waals surface area contributed by atoms with Crippen LogP contribution < -0.4 is 14.9 Å². The Morgan fingerprint density at radius 2 is 1.89 bits per heavy atom. The molecule has 138 valence electrons. The summed E-state index contributed by atoms with van der Waals surface area (Å²) in [7, 11) is 1.61. The van der Waals surface area contributed by atoms with Crippen LogP contribution in [-0.4, -0.2) is 25.8 Å². The average molecular weight is 492 g/mol. The van der Waals surface area contributed by atoms with Crippen LogP contribution in [0.15, 0.2) is 68.6 Å². The second kappa shape index (κ2) is 9.01. The number of fused-ring (bicyclic) bond motifs is 1. The van der Waals surface area contributed by atoms with Crippen molar-refractivity contribution in [2.24, 2.45) is 5.10 Å². The monoisotopic (exact) mass is 490 g/mol. The molecule has 1 N–H and O–H groups in total. The molecule has 0 aliphatic heterocycles. The van der Waals surface area contributed by atoms with Crippen molar-refractivity contribution in [3.63, 3.8) is 0 Å². The Morgan fingerprint density at radius 1 is 1.11 bits per heavy atom. The van der Waals surface area contributed by atoms with Crippen LogP contribution in [0.25, 0.3) is 10.8 Å². The lowest BCUT2D eigenvalue weighted by Crippen LogP contribution is -2.24. The van der Waals surface area contributed by atoms with Gasteiger partial charge in [-0.25, -0.2) is 5.43 Å². The summed E-state index contributed by atoms with van der Waals surface area (Å²) in [4.78, 5) is 11.9. The van der Waals surface area contributed by atoms with Crippen molar-refractivity contribution in [3.8, 4) is 11.5 Å². The minimum Gasteiger partial charge on any atom is -0.497 e. The van der Waals surface area contributed by atoms with Crippen LogP contribution in [0, 0.1) is 0 Å².